The van der Waals surface area contributed by atoms with Crippen LogP contribution in [0.25, 0.3) is 5.69 Å². The van der Waals surface area contributed by atoms with Gasteiger partial charge in [-0.3, -0.25) is 4.79 Å². The van der Waals surface area contributed by atoms with Gasteiger partial charge in [0.1, 0.15) is 36.3 Å². The molecule has 5 rings (SSSR count). The van der Waals surface area contributed by atoms with E-state index in [9.17, 15) is 9.18 Å². The first kappa shape index (κ1) is 29.8. The second-order valence-electron chi connectivity index (χ2n) is 9.43. The zero-order valence-electron chi connectivity index (χ0n) is 22.7. The molecule has 0 aliphatic rings. The molecular formula is C32H26FI2N3O4. The Hall–Kier alpha value is -3.65. The first-order valence-electron chi connectivity index (χ1n) is 12.9. The van der Waals surface area contributed by atoms with Crippen molar-refractivity contribution in [2.45, 2.75) is 27.1 Å². The number of rotatable bonds is 10. The lowest BCUT2D eigenvalue weighted by Crippen LogP contribution is -2.16. The molecule has 1 amide bonds. The standard InChI is InChI=1S/C32H26FI2N3O4/c1-20-3-4-21(2)38(20)25-9-11-26(12-10-25)40-19-27-13-14-30(42-27)32(39)37-36-17-23-15-28(34)31(29(35)16-23)41-18-22-5-7-24(33)8-6-22/h3-17H,18-19H2,1-2H3,(H,37,39)/b36-17+. The van der Waals surface area contributed by atoms with Crippen LogP contribution in [0.2, 0.25) is 0 Å². The van der Waals surface area contributed by atoms with Gasteiger partial charge in [-0.2, -0.15) is 5.10 Å². The highest BCUT2D eigenvalue weighted by Gasteiger charge is 2.12. The average molecular weight is 789 g/mol. The molecule has 214 valence electrons. The fourth-order valence-corrected chi connectivity index (χ4v) is 6.38. The molecular weight excluding hydrogens is 763 g/mol. The smallest absolute Gasteiger partial charge is 0.307 e. The Bertz CT molecular complexity index is 1690. The summed E-state index contributed by atoms with van der Waals surface area (Å²) in [5, 5.41) is 4.08. The number of carbonyl (C=O) groups is 1. The number of hydrogen-bond donors (Lipinski definition) is 1. The molecule has 42 heavy (non-hydrogen) atoms. The zero-order chi connectivity index (χ0) is 29.6. The Kier molecular flexibility index (Phi) is 9.62. The Labute approximate surface area is 270 Å². The number of aromatic nitrogens is 1. The molecule has 0 radical (unpaired) electrons. The molecule has 5 aromatic rings. The van der Waals surface area contributed by atoms with Crippen molar-refractivity contribution in [1.82, 2.24) is 9.99 Å². The number of benzene rings is 3. The van der Waals surface area contributed by atoms with Gasteiger partial charge in [0, 0.05) is 17.1 Å². The summed E-state index contributed by atoms with van der Waals surface area (Å²) in [6, 6.07) is 25.3. The van der Waals surface area contributed by atoms with Gasteiger partial charge in [0.25, 0.3) is 0 Å². The van der Waals surface area contributed by atoms with Crippen LogP contribution in [0, 0.1) is 26.8 Å². The van der Waals surface area contributed by atoms with E-state index in [-0.39, 0.29) is 18.2 Å². The fraction of sp³-hybridized carbons (Fsp3) is 0.125. The van der Waals surface area contributed by atoms with Crippen molar-refractivity contribution >= 4 is 57.3 Å². The van der Waals surface area contributed by atoms with E-state index in [2.05, 4.69) is 86.3 Å². The summed E-state index contributed by atoms with van der Waals surface area (Å²) in [4.78, 5) is 12.5. The van der Waals surface area contributed by atoms with E-state index in [1.165, 1.54) is 23.5 Å². The number of nitrogens with one attached hydrogen (secondary N) is 1. The number of amides is 1. The van der Waals surface area contributed by atoms with Crippen LogP contribution in [0.15, 0.2) is 94.4 Å². The number of halogens is 3. The van der Waals surface area contributed by atoms with Crippen molar-refractivity contribution in [3.63, 3.8) is 0 Å². The van der Waals surface area contributed by atoms with Crippen molar-refractivity contribution in [1.29, 1.82) is 0 Å². The van der Waals surface area contributed by atoms with Crippen molar-refractivity contribution in [2.24, 2.45) is 5.10 Å². The number of hydrazone groups is 1. The predicted octanol–water partition coefficient (Wildman–Crippen LogP) is 7.96. The number of furan rings is 1. The maximum absolute atomic E-state index is 13.1. The van der Waals surface area contributed by atoms with Crippen LogP contribution in [-0.4, -0.2) is 16.7 Å². The lowest BCUT2D eigenvalue weighted by molar-refractivity contribution is 0.0923. The van der Waals surface area contributed by atoms with Crippen LogP contribution in [0.1, 0.15) is 38.8 Å². The van der Waals surface area contributed by atoms with E-state index in [1.54, 1.807) is 30.5 Å². The van der Waals surface area contributed by atoms with E-state index in [4.69, 9.17) is 13.9 Å². The molecule has 0 saturated carbocycles. The summed E-state index contributed by atoms with van der Waals surface area (Å²) in [5.41, 5.74) is 7.55. The van der Waals surface area contributed by atoms with Crippen molar-refractivity contribution in [3.8, 4) is 17.2 Å². The third-order valence-electron chi connectivity index (χ3n) is 6.33. The molecule has 0 spiro atoms. The quantitative estimate of drug-likeness (QED) is 0.0886. The molecule has 0 bridgehead atoms. The molecule has 0 aliphatic heterocycles. The molecule has 2 aromatic heterocycles. The third-order valence-corrected chi connectivity index (χ3v) is 7.93. The Morgan fingerprint density at radius 1 is 0.905 bits per heavy atom. The van der Waals surface area contributed by atoms with Gasteiger partial charge in [0.05, 0.1) is 13.4 Å². The summed E-state index contributed by atoms with van der Waals surface area (Å²) >= 11 is 4.38. The SMILES string of the molecule is Cc1ccc(C)n1-c1ccc(OCc2ccc(C(=O)N/N=C/c3cc(I)c(OCc4ccc(F)cc4)c(I)c3)o2)cc1. The van der Waals surface area contributed by atoms with E-state index in [0.717, 1.165) is 29.7 Å². The predicted molar refractivity (Wildman–Crippen MR) is 176 cm³/mol. The van der Waals surface area contributed by atoms with Gasteiger partial charge in [-0.25, -0.2) is 9.82 Å². The second-order valence-corrected chi connectivity index (χ2v) is 11.8. The van der Waals surface area contributed by atoms with E-state index in [1.807, 2.05) is 36.4 Å². The molecule has 0 atom stereocenters. The van der Waals surface area contributed by atoms with Gasteiger partial charge >= 0.3 is 5.91 Å². The fourth-order valence-electron chi connectivity index (χ4n) is 4.25. The van der Waals surface area contributed by atoms with Crippen LogP contribution in [0.4, 0.5) is 4.39 Å². The van der Waals surface area contributed by atoms with Crippen molar-refractivity contribution < 1.29 is 23.1 Å². The van der Waals surface area contributed by atoms with Crippen LogP contribution < -0.4 is 14.9 Å². The maximum atomic E-state index is 13.1. The van der Waals surface area contributed by atoms with E-state index >= 15 is 0 Å². The van der Waals surface area contributed by atoms with Gasteiger partial charge in [0.15, 0.2) is 5.76 Å². The van der Waals surface area contributed by atoms with E-state index in [0.29, 0.717) is 18.1 Å². The van der Waals surface area contributed by atoms with Crippen LogP contribution in [0.5, 0.6) is 11.5 Å². The van der Waals surface area contributed by atoms with Crippen LogP contribution in [0.3, 0.4) is 0 Å². The molecule has 1 N–H and O–H groups in total. The molecule has 0 fully saturated rings. The van der Waals surface area contributed by atoms with Gasteiger partial charge < -0.3 is 18.5 Å². The first-order chi connectivity index (χ1) is 20.3. The highest BCUT2D eigenvalue weighted by molar-refractivity contribution is 14.1. The average Bonchev–Trinajstić information content (AvgIpc) is 3.59. The third kappa shape index (κ3) is 7.40. The minimum Gasteiger partial charge on any atom is -0.487 e. The van der Waals surface area contributed by atoms with Gasteiger partial charge in [-0.05, 0) is 143 Å². The molecule has 10 heteroatoms. The minimum atomic E-state index is -0.469. The monoisotopic (exact) mass is 789 g/mol. The Morgan fingerprint density at radius 2 is 1.57 bits per heavy atom. The lowest BCUT2D eigenvalue weighted by Gasteiger charge is -2.11. The molecule has 2 heterocycles. The van der Waals surface area contributed by atoms with Gasteiger partial charge in [-0.15, -0.1) is 0 Å². The summed E-state index contributed by atoms with van der Waals surface area (Å²) in [7, 11) is 0. The van der Waals surface area contributed by atoms with Gasteiger partial charge in [-0.1, -0.05) is 12.1 Å². The highest BCUT2D eigenvalue weighted by Crippen LogP contribution is 2.29. The Morgan fingerprint density at radius 3 is 2.24 bits per heavy atom. The largest absolute Gasteiger partial charge is 0.487 e. The number of carbonyl (C=O) groups excluding carboxylic acids is 1. The summed E-state index contributed by atoms with van der Waals surface area (Å²) in [5.74, 6) is 1.33. The Balaban J connectivity index is 1.12. The number of hydrogen-bond acceptors (Lipinski definition) is 5. The normalized spacial score (nSPS) is 11.2. The van der Waals surface area contributed by atoms with Crippen LogP contribution >= 0.6 is 45.2 Å². The molecule has 0 unspecified atom stereocenters. The molecule has 0 aliphatic carbocycles. The number of nitrogens with zero attached hydrogens (tertiary/aromatic N) is 2. The second kappa shape index (κ2) is 13.6. The summed E-state index contributed by atoms with van der Waals surface area (Å²) in [6.07, 6.45) is 1.55. The van der Waals surface area contributed by atoms with Crippen LogP contribution in [-0.2, 0) is 13.2 Å². The summed E-state index contributed by atoms with van der Waals surface area (Å²) in [6.45, 7) is 4.65. The van der Waals surface area contributed by atoms with E-state index < -0.39 is 5.91 Å². The summed E-state index contributed by atoms with van der Waals surface area (Å²) < 4.78 is 34.5. The number of ether oxygens (including phenoxy) is 2. The maximum Gasteiger partial charge on any atom is 0.307 e. The zero-order valence-corrected chi connectivity index (χ0v) is 27.1. The molecule has 0 saturated heterocycles. The number of aryl methyl sites for hydroxylation is 2. The highest BCUT2D eigenvalue weighted by atomic mass is 127. The van der Waals surface area contributed by atoms with Gasteiger partial charge in [0.2, 0.25) is 0 Å². The molecule has 3 aromatic carbocycles. The topological polar surface area (TPSA) is 78.0 Å². The first-order valence-corrected chi connectivity index (χ1v) is 15.1. The lowest BCUT2D eigenvalue weighted by atomic mass is 10.2. The molecule has 7 nitrogen and oxygen atoms in total. The van der Waals surface area contributed by atoms with Crippen molar-refractivity contribution in [2.75, 3.05) is 0 Å². The minimum absolute atomic E-state index is 0.133. The van der Waals surface area contributed by atoms with Crippen molar-refractivity contribution in [3.05, 3.63) is 132 Å².